The second-order valence-electron chi connectivity index (χ2n) is 9.29. The van der Waals surface area contributed by atoms with Gasteiger partial charge in [0.1, 0.15) is 11.5 Å². The molecular formula is C29H34ClN3O2. The van der Waals surface area contributed by atoms with E-state index in [4.69, 9.17) is 21.1 Å². The van der Waals surface area contributed by atoms with Crippen molar-refractivity contribution in [1.29, 1.82) is 0 Å². The average molecular weight is 492 g/mol. The van der Waals surface area contributed by atoms with Crippen molar-refractivity contribution in [3.05, 3.63) is 70.9 Å². The summed E-state index contributed by atoms with van der Waals surface area (Å²) in [5.41, 5.74) is 4.26. The van der Waals surface area contributed by atoms with Gasteiger partial charge in [-0.1, -0.05) is 49.7 Å². The molecule has 5 nitrogen and oxygen atoms in total. The molecule has 0 unspecified atom stereocenters. The molecule has 0 atom stereocenters. The Balaban J connectivity index is 1.59. The highest BCUT2D eigenvalue weighted by atomic mass is 35.5. The molecule has 35 heavy (non-hydrogen) atoms. The summed E-state index contributed by atoms with van der Waals surface area (Å²) in [6, 6.07) is 16.1. The number of halogens is 1. The number of ether oxygens (including phenoxy) is 2. The Bertz CT molecular complexity index is 1320. The Morgan fingerprint density at radius 2 is 1.69 bits per heavy atom. The lowest BCUT2D eigenvalue weighted by Crippen LogP contribution is -2.32. The van der Waals surface area contributed by atoms with Gasteiger partial charge in [0.15, 0.2) is 0 Å². The predicted molar refractivity (Wildman–Crippen MR) is 147 cm³/mol. The fourth-order valence-electron chi connectivity index (χ4n) is 4.84. The van der Waals surface area contributed by atoms with E-state index in [0.29, 0.717) is 10.9 Å². The molecule has 0 bridgehead atoms. The fourth-order valence-corrected chi connectivity index (χ4v) is 5.00. The Labute approximate surface area is 213 Å². The minimum Gasteiger partial charge on any atom is -0.496 e. The molecule has 184 valence electrons. The first-order chi connectivity index (χ1) is 16.9. The van der Waals surface area contributed by atoms with E-state index >= 15 is 0 Å². The minimum atomic E-state index is 0.535. The van der Waals surface area contributed by atoms with Crippen molar-refractivity contribution >= 4 is 39.0 Å². The molecule has 0 fully saturated rings. The summed E-state index contributed by atoms with van der Waals surface area (Å²) in [5, 5.41) is 7.54. The number of rotatable bonds is 10. The third kappa shape index (κ3) is 5.47. The van der Waals surface area contributed by atoms with E-state index in [1.54, 1.807) is 14.2 Å². The second-order valence-corrected chi connectivity index (χ2v) is 9.73. The van der Waals surface area contributed by atoms with Crippen molar-refractivity contribution in [3.63, 3.8) is 0 Å². The number of aromatic nitrogens is 1. The maximum absolute atomic E-state index is 6.15. The van der Waals surface area contributed by atoms with E-state index in [9.17, 15) is 0 Å². The highest BCUT2D eigenvalue weighted by molar-refractivity contribution is 6.31. The van der Waals surface area contributed by atoms with Crippen LogP contribution in [0.2, 0.25) is 5.02 Å². The number of hydrogen-bond acceptors (Lipinski definition) is 5. The average Bonchev–Trinajstić information content (AvgIpc) is 2.84. The summed E-state index contributed by atoms with van der Waals surface area (Å²) in [6.07, 6.45) is 1.82. The van der Waals surface area contributed by atoms with Crippen molar-refractivity contribution in [1.82, 2.24) is 9.88 Å². The molecule has 0 aliphatic rings. The standard InChI is InChI=1S/C29H34ClN3O2/c1-19(2)17-33(15-14-32-26-12-13-31-27-16-21(30)10-11-24(26)27)18-25-20(3)28(34-4)22-8-6-7-9-23(22)29(25)35-5/h6-13,16,19H,14-15,17-18H2,1-5H3,(H,31,32). The van der Waals surface area contributed by atoms with Crippen LogP contribution in [0.1, 0.15) is 25.0 Å². The summed E-state index contributed by atoms with van der Waals surface area (Å²) in [4.78, 5) is 6.93. The van der Waals surface area contributed by atoms with E-state index in [1.165, 1.54) is 5.56 Å². The van der Waals surface area contributed by atoms with Gasteiger partial charge in [-0.15, -0.1) is 0 Å². The highest BCUT2D eigenvalue weighted by Gasteiger charge is 2.20. The van der Waals surface area contributed by atoms with Crippen LogP contribution in [0, 0.1) is 12.8 Å². The SMILES string of the molecule is COc1c(C)c(CN(CCNc2ccnc3cc(Cl)ccc23)CC(C)C)c(OC)c2ccccc12. The molecular weight excluding hydrogens is 458 g/mol. The normalized spacial score (nSPS) is 11.5. The second kappa shape index (κ2) is 11.1. The van der Waals surface area contributed by atoms with Crippen LogP contribution in [0.15, 0.2) is 54.7 Å². The van der Waals surface area contributed by atoms with Crippen molar-refractivity contribution in [3.8, 4) is 11.5 Å². The summed E-state index contributed by atoms with van der Waals surface area (Å²) in [5.74, 6) is 2.38. The topological polar surface area (TPSA) is 46.6 Å². The number of fused-ring (bicyclic) bond motifs is 2. The first-order valence-corrected chi connectivity index (χ1v) is 12.4. The Kier molecular flexibility index (Phi) is 7.99. The molecule has 4 aromatic rings. The summed E-state index contributed by atoms with van der Waals surface area (Å²) in [6.45, 7) is 10.1. The van der Waals surface area contributed by atoms with Crippen LogP contribution in [-0.4, -0.2) is 43.7 Å². The highest BCUT2D eigenvalue weighted by Crippen LogP contribution is 2.41. The molecule has 6 heteroatoms. The van der Waals surface area contributed by atoms with E-state index in [0.717, 1.165) is 70.6 Å². The van der Waals surface area contributed by atoms with E-state index in [-0.39, 0.29) is 0 Å². The molecule has 0 spiro atoms. The molecule has 1 heterocycles. The van der Waals surface area contributed by atoms with Crippen LogP contribution in [0.4, 0.5) is 5.69 Å². The van der Waals surface area contributed by atoms with Gasteiger partial charge in [0, 0.05) is 64.8 Å². The lowest BCUT2D eigenvalue weighted by Gasteiger charge is -2.27. The van der Waals surface area contributed by atoms with Crippen LogP contribution in [0.25, 0.3) is 21.7 Å². The largest absolute Gasteiger partial charge is 0.496 e. The fraction of sp³-hybridized carbons (Fsp3) is 0.345. The van der Waals surface area contributed by atoms with Crippen molar-refractivity contribution in [2.45, 2.75) is 27.3 Å². The Morgan fingerprint density at radius 1 is 0.971 bits per heavy atom. The lowest BCUT2D eigenvalue weighted by atomic mass is 9.97. The smallest absolute Gasteiger partial charge is 0.131 e. The van der Waals surface area contributed by atoms with Crippen LogP contribution >= 0.6 is 11.6 Å². The van der Waals surface area contributed by atoms with E-state index in [2.05, 4.69) is 48.1 Å². The molecule has 1 aromatic heterocycles. The zero-order chi connectivity index (χ0) is 24.9. The molecule has 0 amide bonds. The van der Waals surface area contributed by atoms with Crippen molar-refractivity contribution in [2.24, 2.45) is 5.92 Å². The van der Waals surface area contributed by atoms with E-state index in [1.807, 2.05) is 42.6 Å². The zero-order valence-corrected chi connectivity index (χ0v) is 21.9. The molecule has 0 aliphatic heterocycles. The Hall–Kier alpha value is -3.02. The number of anilines is 1. The van der Waals surface area contributed by atoms with Gasteiger partial charge in [-0.3, -0.25) is 9.88 Å². The molecule has 0 aliphatic carbocycles. The van der Waals surface area contributed by atoms with Crippen LogP contribution in [0.3, 0.4) is 0 Å². The van der Waals surface area contributed by atoms with Crippen molar-refractivity contribution < 1.29 is 9.47 Å². The monoisotopic (exact) mass is 491 g/mol. The van der Waals surface area contributed by atoms with Gasteiger partial charge in [0.25, 0.3) is 0 Å². The third-order valence-electron chi connectivity index (χ3n) is 6.35. The number of nitrogens with zero attached hydrogens (tertiary/aromatic N) is 2. The molecule has 0 saturated carbocycles. The van der Waals surface area contributed by atoms with Gasteiger partial charge < -0.3 is 14.8 Å². The van der Waals surface area contributed by atoms with Gasteiger partial charge in [0.05, 0.1) is 19.7 Å². The Morgan fingerprint density at radius 3 is 2.37 bits per heavy atom. The summed E-state index contributed by atoms with van der Waals surface area (Å²) < 4.78 is 11.8. The van der Waals surface area contributed by atoms with Gasteiger partial charge in [-0.05, 0) is 42.7 Å². The van der Waals surface area contributed by atoms with Crippen LogP contribution in [-0.2, 0) is 6.54 Å². The van der Waals surface area contributed by atoms with Crippen LogP contribution < -0.4 is 14.8 Å². The minimum absolute atomic E-state index is 0.535. The number of methoxy groups -OCH3 is 2. The third-order valence-corrected chi connectivity index (χ3v) is 6.58. The van der Waals surface area contributed by atoms with Crippen LogP contribution in [0.5, 0.6) is 11.5 Å². The first-order valence-electron chi connectivity index (χ1n) is 12.1. The number of benzene rings is 3. The summed E-state index contributed by atoms with van der Waals surface area (Å²) >= 11 is 6.15. The first kappa shape index (κ1) is 25.1. The predicted octanol–water partition coefficient (Wildman–Crippen LogP) is 6.94. The molecule has 0 saturated heterocycles. The quantitative estimate of drug-likeness (QED) is 0.260. The van der Waals surface area contributed by atoms with E-state index < -0.39 is 0 Å². The maximum Gasteiger partial charge on any atom is 0.131 e. The van der Waals surface area contributed by atoms with Gasteiger partial charge >= 0.3 is 0 Å². The molecule has 1 N–H and O–H groups in total. The van der Waals surface area contributed by atoms with Gasteiger partial charge in [-0.2, -0.15) is 0 Å². The lowest BCUT2D eigenvalue weighted by molar-refractivity contribution is 0.240. The molecule has 4 rings (SSSR count). The summed E-state index contributed by atoms with van der Waals surface area (Å²) in [7, 11) is 3.50. The number of nitrogens with one attached hydrogen (secondary N) is 1. The number of pyridine rings is 1. The van der Waals surface area contributed by atoms with Crippen molar-refractivity contribution in [2.75, 3.05) is 39.2 Å². The number of hydrogen-bond donors (Lipinski definition) is 1. The molecule has 0 radical (unpaired) electrons. The van der Waals surface area contributed by atoms with Gasteiger partial charge in [-0.25, -0.2) is 0 Å². The van der Waals surface area contributed by atoms with Gasteiger partial charge in [0.2, 0.25) is 0 Å². The maximum atomic E-state index is 6.15. The molecule has 3 aromatic carbocycles. The zero-order valence-electron chi connectivity index (χ0n) is 21.2.